The van der Waals surface area contributed by atoms with E-state index in [1.807, 2.05) is 32.0 Å². The molecule has 1 aliphatic rings. The molecule has 0 aromatic carbocycles. The second-order valence-electron chi connectivity index (χ2n) is 5.33. The van der Waals surface area contributed by atoms with E-state index in [1.54, 1.807) is 4.68 Å². The number of likely N-dealkylation sites (tertiary alicyclic amines) is 1. The lowest BCUT2D eigenvalue weighted by molar-refractivity contribution is 0.0591. The maximum atomic E-state index is 12.7. The molecule has 1 N–H and O–H groups in total. The predicted molar refractivity (Wildman–Crippen MR) is 75.2 cm³/mol. The molecule has 1 unspecified atom stereocenters. The van der Waals surface area contributed by atoms with Crippen molar-refractivity contribution in [3.05, 3.63) is 17.5 Å². The number of piperidine rings is 1. The van der Waals surface area contributed by atoms with E-state index in [0.29, 0.717) is 11.7 Å². The van der Waals surface area contributed by atoms with E-state index in [1.165, 1.54) is 6.42 Å². The predicted octanol–water partition coefficient (Wildman–Crippen LogP) is 1.33. The third-order valence-electron chi connectivity index (χ3n) is 3.84. The largest absolute Gasteiger partial charge is 0.334 e. The summed E-state index contributed by atoms with van der Waals surface area (Å²) >= 11 is 0. The number of nitrogens with one attached hydrogen (secondary N) is 1. The van der Waals surface area contributed by atoms with Crippen LogP contribution in [-0.4, -0.2) is 46.8 Å². The van der Waals surface area contributed by atoms with Crippen LogP contribution in [0, 0.1) is 6.92 Å². The van der Waals surface area contributed by atoms with Gasteiger partial charge in [-0.3, -0.25) is 9.48 Å². The molecule has 1 aromatic heterocycles. The first kappa shape index (κ1) is 14.1. The molecule has 1 amide bonds. The number of amides is 1. The highest BCUT2D eigenvalue weighted by Gasteiger charge is 2.28. The highest BCUT2D eigenvalue weighted by molar-refractivity contribution is 5.93. The topological polar surface area (TPSA) is 50.2 Å². The molecular formula is C14H24N4O. The molecule has 1 aliphatic heterocycles. The van der Waals surface area contributed by atoms with Gasteiger partial charge >= 0.3 is 0 Å². The molecule has 1 atom stereocenters. The second-order valence-corrected chi connectivity index (χ2v) is 5.33. The number of aromatic nitrogens is 2. The van der Waals surface area contributed by atoms with Gasteiger partial charge in [0.25, 0.3) is 5.91 Å². The maximum Gasteiger partial charge on any atom is 0.272 e. The van der Waals surface area contributed by atoms with Gasteiger partial charge in [0.15, 0.2) is 0 Å². The Kier molecular flexibility index (Phi) is 4.58. The maximum absolute atomic E-state index is 12.7. The summed E-state index contributed by atoms with van der Waals surface area (Å²) in [5.74, 6) is 0.129. The number of hydrogen-bond acceptors (Lipinski definition) is 3. The number of hydrogen-bond donors (Lipinski definition) is 1. The van der Waals surface area contributed by atoms with Gasteiger partial charge in [-0.25, -0.2) is 0 Å². The van der Waals surface area contributed by atoms with Crippen LogP contribution in [0.15, 0.2) is 6.07 Å². The first-order chi connectivity index (χ1) is 9.13. The number of carbonyl (C=O) groups is 1. The number of rotatable bonds is 4. The Hall–Kier alpha value is -1.36. The van der Waals surface area contributed by atoms with Crippen LogP contribution in [0.4, 0.5) is 0 Å². The van der Waals surface area contributed by atoms with Crippen molar-refractivity contribution in [2.45, 2.75) is 38.6 Å². The first-order valence-electron chi connectivity index (χ1n) is 7.09. The van der Waals surface area contributed by atoms with E-state index < -0.39 is 0 Å². The highest BCUT2D eigenvalue weighted by atomic mass is 16.2. The minimum Gasteiger partial charge on any atom is -0.334 e. The fraction of sp³-hybridized carbons (Fsp3) is 0.714. The van der Waals surface area contributed by atoms with Crippen LogP contribution in [0.25, 0.3) is 0 Å². The monoisotopic (exact) mass is 264 g/mol. The van der Waals surface area contributed by atoms with Crippen molar-refractivity contribution in [3.8, 4) is 0 Å². The first-order valence-corrected chi connectivity index (χ1v) is 7.09. The normalized spacial score (nSPS) is 19.7. The van der Waals surface area contributed by atoms with Gasteiger partial charge in [0.1, 0.15) is 5.69 Å². The third kappa shape index (κ3) is 3.15. The summed E-state index contributed by atoms with van der Waals surface area (Å²) < 4.78 is 1.70. The van der Waals surface area contributed by atoms with Crippen molar-refractivity contribution < 1.29 is 4.79 Å². The molecule has 0 radical (unpaired) electrons. The van der Waals surface area contributed by atoms with Gasteiger partial charge in [-0.1, -0.05) is 0 Å². The summed E-state index contributed by atoms with van der Waals surface area (Å²) in [6.07, 6.45) is 4.48. The second kappa shape index (κ2) is 6.19. The van der Waals surface area contributed by atoms with Crippen LogP contribution in [0.5, 0.6) is 0 Å². The van der Waals surface area contributed by atoms with Gasteiger partial charge in [-0.15, -0.1) is 0 Å². The molecule has 5 nitrogen and oxygen atoms in total. The SMILES string of the molecule is CNCCC1CCCCN1C(=O)c1cc(C)nn1C. The van der Waals surface area contributed by atoms with E-state index in [9.17, 15) is 4.79 Å². The lowest BCUT2D eigenvalue weighted by atomic mass is 9.99. The Labute approximate surface area is 115 Å². The Balaban J connectivity index is 2.13. The van der Waals surface area contributed by atoms with E-state index in [0.717, 1.165) is 38.0 Å². The van der Waals surface area contributed by atoms with Crippen molar-refractivity contribution in [2.24, 2.45) is 7.05 Å². The van der Waals surface area contributed by atoms with E-state index >= 15 is 0 Å². The Morgan fingerprint density at radius 2 is 2.32 bits per heavy atom. The number of nitrogens with zero attached hydrogens (tertiary/aromatic N) is 3. The van der Waals surface area contributed by atoms with Gasteiger partial charge in [0, 0.05) is 19.6 Å². The summed E-state index contributed by atoms with van der Waals surface area (Å²) in [5.41, 5.74) is 1.60. The Morgan fingerprint density at radius 1 is 1.53 bits per heavy atom. The van der Waals surface area contributed by atoms with Crippen LogP contribution in [0.3, 0.4) is 0 Å². The average molecular weight is 264 g/mol. The van der Waals surface area contributed by atoms with Crippen molar-refractivity contribution in [1.82, 2.24) is 20.0 Å². The molecule has 1 saturated heterocycles. The molecule has 0 saturated carbocycles. The molecule has 1 aromatic rings. The lowest BCUT2D eigenvalue weighted by Crippen LogP contribution is -2.45. The molecule has 5 heteroatoms. The summed E-state index contributed by atoms with van der Waals surface area (Å²) in [6, 6.07) is 2.25. The quantitative estimate of drug-likeness (QED) is 0.892. The van der Waals surface area contributed by atoms with Crippen LogP contribution in [0.2, 0.25) is 0 Å². The van der Waals surface area contributed by atoms with Crippen LogP contribution in [-0.2, 0) is 7.05 Å². The summed E-state index contributed by atoms with van der Waals surface area (Å²) in [7, 11) is 3.80. The fourth-order valence-corrected chi connectivity index (χ4v) is 2.84. The van der Waals surface area contributed by atoms with E-state index in [-0.39, 0.29) is 5.91 Å². The zero-order valence-corrected chi connectivity index (χ0v) is 12.1. The fourth-order valence-electron chi connectivity index (χ4n) is 2.84. The van der Waals surface area contributed by atoms with Crippen molar-refractivity contribution in [2.75, 3.05) is 20.1 Å². The van der Waals surface area contributed by atoms with Crippen LogP contribution < -0.4 is 5.32 Å². The molecule has 1 fully saturated rings. The van der Waals surface area contributed by atoms with Gasteiger partial charge < -0.3 is 10.2 Å². The lowest BCUT2D eigenvalue weighted by Gasteiger charge is -2.35. The Bertz CT molecular complexity index is 441. The average Bonchev–Trinajstić information content (AvgIpc) is 2.75. The van der Waals surface area contributed by atoms with Gasteiger partial charge in [0.2, 0.25) is 0 Å². The Morgan fingerprint density at radius 3 is 2.95 bits per heavy atom. The molecular weight excluding hydrogens is 240 g/mol. The summed E-state index contributed by atoms with van der Waals surface area (Å²) in [4.78, 5) is 14.7. The molecule has 106 valence electrons. The van der Waals surface area contributed by atoms with Gasteiger partial charge in [0.05, 0.1) is 5.69 Å². The molecule has 19 heavy (non-hydrogen) atoms. The summed E-state index contributed by atoms with van der Waals surface area (Å²) in [6.45, 7) is 3.75. The third-order valence-corrected chi connectivity index (χ3v) is 3.84. The zero-order chi connectivity index (χ0) is 13.8. The number of carbonyl (C=O) groups excluding carboxylic acids is 1. The van der Waals surface area contributed by atoms with E-state index in [2.05, 4.69) is 10.4 Å². The summed E-state index contributed by atoms with van der Waals surface area (Å²) in [5, 5.41) is 7.45. The van der Waals surface area contributed by atoms with Crippen LogP contribution >= 0.6 is 0 Å². The van der Waals surface area contributed by atoms with Gasteiger partial charge in [-0.05, 0) is 52.3 Å². The minimum atomic E-state index is 0.129. The standard InChI is InChI=1S/C14H24N4O/c1-11-10-13(17(3)16-11)14(19)18-9-5-4-6-12(18)7-8-15-2/h10,12,15H,4-9H2,1-3H3. The van der Waals surface area contributed by atoms with E-state index in [4.69, 9.17) is 0 Å². The molecule has 0 bridgehead atoms. The molecule has 0 aliphatic carbocycles. The van der Waals surface area contributed by atoms with Crippen LogP contribution in [0.1, 0.15) is 41.9 Å². The smallest absolute Gasteiger partial charge is 0.272 e. The van der Waals surface area contributed by atoms with Crippen molar-refractivity contribution in [3.63, 3.8) is 0 Å². The molecule has 2 heterocycles. The number of aryl methyl sites for hydroxylation is 2. The van der Waals surface area contributed by atoms with Crippen molar-refractivity contribution in [1.29, 1.82) is 0 Å². The zero-order valence-electron chi connectivity index (χ0n) is 12.1. The minimum absolute atomic E-state index is 0.129. The van der Waals surface area contributed by atoms with Gasteiger partial charge in [-0.2, -0.15) is 5.10 Å². The molecule has 2 rings (SSSR count). The molecule has 0 spiro atoms. The highest BCUT2D eigenvalue weighted by Crippen LogP contribution is 2.21. The van der Waals surface area contributed by atoms with Crippen molar-refractivity contribution >= 4 is 5.91 Å².